The minimum absolute atomic E-state index is 0.170. The maximum absolute atomic E-state index is 12.0. The molecule has 0 bridgehead atoms. The molecule has 1 amide bonds. The van der Waals surface area contributed by atoms with Crippen molar-refractivity contribution >= 4 is 33.3 Å². The van der Waals surface area contributed by atoms with Crippen LogP contribution in [0, 0.1) is 0 Å². The number of rotatable bonds is 3. The number of aromatic nitrogens is 1. The van der Waals surface area contributed by atoms with Crippen molar-refractivity contribution in [2.45, 2.75) is 0 Å². The van der Waals surface area contributed by atoms with E-state index in [4.69, 9.17) is 0 Å². The molecule has 0 saturated carbocycles. The van der Waals surface area contributed by atoms with E-state index in [0.717, 1.165) is 5.69 Å². The van der Waals surface area contributed by atoms with Gasteiger partial charge in [0.25, 0.3) is 5.91 Å². The van der Waals surface area contributed by atoms with E-state index in [0.29, 0.717) is 16.0 Å². The van der Waals surface area contributed by atoms with Crippen molar-refractivity contribution in [3.63, 3.8) is 0 Å². The van der Waals surface area contributed by atoms with Crippen LogP contribution in [-0.4, -0.2) is 25.0 Å². The third kappa shape index (κ3) is 3.54. The Bertz CT molecular complexity index is 581. The number of carbonyl (C=O) groups excluding carboxylic acids is 1. The molecule has 1 N–H and O–H groups in total. The Kier molecular flexibility index (Phi) is 4.16. The lowest BCUT2D eigenvalue weighted by atomic mass is 10.2. The molecule has 0 unspecified atom stereocenters. The van der Waals surface area contributed by atoms with E-state index in [2.05, 4.69) is 26.2 Å². The van der Waals surface area contributed by atoms with Gasteiger partial charge in [-0.1, -0.05) is 6.07 Å². The number of carbonyl (C=O) groups is 1. The Morgan fingerprint density at radius 3 is 2.42 bits per heavy atom. The average molecular weight is 320 g/mol. The van der Waals surface area contributed by atoms with E-state index in [1.165, 1.54) is 0 Å². The van der Waals surface area contributed by atoms with Gasteiger partial charge in [0.1, 0.15) is 10.4 Å². The summed E-state index contributed by atoms with van der Waals surface area (Å²) in [6, 6.07) is 12.8. The molecule has 1 aromatic heterocycles. The van der Waals surface area contributed by atoms with Gasteiger partial charge >= 0.3 is 0 Å². The molecule has 0 fully saturated rings. The summed E-state index contributed by atoms with van der Waals surface area (Å²) in [6.45, 7) is 0. The zero-order valence-corrected chi connectivity index (χ0v) is 12.3. The fraction of sp³-hybridized carbons (Fsp3) is 0.143. The smallest absolute Gasteiger partial charge is 0.256 e. The lowest BCUT2D eigenvalue weighted by Crippen LogP contribution is -2.13. The summed E-state index contributed by atoms with van der Waals surface area (Å²) in [4.78, 5) is 18.2. The third-order valence-electron chi connectivity index (χ3n) is 2.60. The van der Waals surface area contributed by atoms with Crippen molar-refractivity contribution in [3.8, 4) is 0 Å². The van der Waals surface area contributed by atoms with Crippen molar-refractivity contribution in [3.05, 3.63) is 52.6 Å². The maximum atomic E-state index is 12.0. The van der Waals surface area contributed by atoms with Gasteiger partial charge < -0.3 is 10.2 Å². The molecule has 98 valence electrons. The second kappa shape index (κ2) is 5.84. The molecule has 1 aromatic carbocycles. The van der Waals surface area contributed by atoms with Crippen LogP contribution in [0.15, 0.2) is 47.1 Å². The fourth-order valence-electron chi connectivity index (χ4n) is 1.58. The maximum Gasteiger partial charge on any atom is 0.256 e. The molecule has 0 radical (unpaired) electrons. The normalized spacial score (nSPS) is 10.1. The molecule has 4 nitrogen and oxygen atoms in total. The molecule has 5 heteroatoms. The summed E-state index contributed by atoms with van der Waals surface area (Å²) in [6.07, 6.45) is 0. The molecule has 0 aliphatic carbocycles. The lowest BCUT2D eigenvalue weighted by Gasteiger charge is -2.12. The fourth-order valence-corrected chi connectivity index (χ4v) is 1.92. The van der Waals surface area contributed by atoms with Crippen molar-refractivity contribution < 1.29 is 4.79 Å². The number of hydrogen-bond acceptors (Lipinski definition) is 3. The standard InChI is InChI=1S/C14H14BrN3O/c1-18(2)11-8-6-10(7-9-11)14(19)17-13-5-3-4-12(15)16-13/h3-9H,1-2H3,(H,16,17,19). The molecule has 19 heavy (non-hydrogen) atoms. The van der Waals surface area contributed by atoms with Gasteiger partial charge in [-0.3, -0.25) is 4.79 Å². The van der Waals surface area contributed by atoms with Crippen LogP contribution < -0.4 is 10.2 Å². The van der Waals surface area contributed by atoms with Crippen molar-refractivity contribution in [1.29, 1.82) is 0 Å². The summed E-state index contributed by atoms with van der Waals surface area (Å²) in [5, 5.41) is 2.75. The number of anilines is 2. The number of benzene rings is 1. The van der Waals surface area contributed by atoms with Gasteiger partial charge in [0.05, 0.1) is 0 Å². The number of nitrogens with zero attached hydrogens (tertiary/aromatic N) is 2. The molecule has 1 heterocycles. The zero-order valence-electron chi connectivity index (χ0n) is 10.7. The van der Waals surface area contributed by atoms with Crippen molar-refractivity contribution in [2.75, 3.05) is 24.3 Å². The highest BCUT2D eigenvalue weighted by molar-refractivity contribution is 9.10. The predicted octanol–water partition coefficient (Wildman–Crippen LogP) is 3.16. The summed E-state index contributed by atoms with van der Waals surface area (Å²) >= 11 is 3.27. The van der Waals surface area contributed by atoms with Crippen LogP contribution in [0.3, 0.4) is 0 Å². The predicted molar refractivity (Wildman–Crippen MR) is 80.7 cm³/mol. The molecule has 0 spiro atoms. The highest BCUT2D eigenvalue weighted by Gasteiger charge is 2.07. The van der Waals surface area contributed by atoms with Gasteiger partial charge in [-0.25, -0.2) is 4.98 Å². The lowest BCUT2D eigenvalue weighted by molar-refractivity contribution is 0.102. The van der Waals surface area contributed by atoms with Crippen LogP contribution in [0.2, 0.25) is 0 Å². The number of halogens is 1. The molecule has 2 aromatic rings. The van der Waals surface area contributed by atoms with Crippen LogP contribution >= 0.6 is 15.9 Å². The first-order chi connectivity index (χ1) is 9.06. The largest absolute Gasteiger partial charge is 0.378 e. The molecule has 2 rings (SSSR count). The second-order valence-corrected chi connectivity index (χ2v) is 5.05. The first-order valence-corrected chi connectivity index (χ1v) is 6.57. The van der Waals surface area contributed by atoms with Crippen LogP contribution in [-0.2, 0) is 0 Å². The molecule has 0 atom stereocenters. The Hall–Kier alpha value is -1.88. The summed E-state index contributed by atoms with van der Waals surface area (Å²) < 4.78 is 0.688. The van der Waals surface area contributed by atoms with Gasteiger partial charge in [-0.15, -0.1) is 0 Å². The van der Waals surface area contributed by atoms with E-state index in [1.54, 1.807) is 18.2 Å². The SMILES string of the molecule is CN(C)c1ccc(C(=O)Nc2cccc(Br)n2)cc1. The first-order valence-electron chi connectivity index (χ1n) is 5.77. The highest BCUT2D eigenvalue weighted by atomic mass is 79.9. The van der Waals surface area contributed by atoms with Gasteiger partial charge in [0, 0.05) is 25.3 Å². The van der Waals surface area contributed by atoms with Crippen molar-refractivity contribution in [1.82, 2.24) is 4.98 Å². The van der Waals surface area contributed by atoms with Crippen LogP contribution in [0.4, 0.5) is 11.5 Å². The van der Waals surface area contributed by atoms with E-state index in [1.807, 2.05) is 43.3 Å². The van der Waals surface area contributed by atoms with E-state index < -0.39 is 0 Å². The summed E-state index contributed by atoms with van der Waals surface area (Å²) in [7, 11) is 3.92. The van der Waals surface area contributed by atoms with Crippen molar-refractivity contribution in [2.24, 2.45) is 0 Å². The molecular formula is C14H14BrN3O. The number of nitrogens with one attached hydrogen (secondary N) is 1. The molecular weight excluding hydrogens is 306 g/mol. The first kappa shape index (κ1) is 13.5. The van der Waals surface area contributed by atoms with Crippen LogP contribution in [0.25, 0.3) is 0 Å². The van der Waals surface area contributed by atoms with Crippen LogP contribution in [0.1, 0.15) is 10.4 Å². The van der Waals surface area contributed by atoms with Gasteiger partial charge in [0.15, 0.2) is 0 Å². The number of pyridine rings is 1. The summed E-state index contributed by atoms with van der Waals surface area (Å²) in [5.41, 5.74) is 1.66. The minimum Gasteiger partial charge on any atom is -0.378 e. The Balaban J connectivity index is 2.11. The molecule has 0 saturated heterocycles. The quantitative estimate of drug-likeness (QED) is 0.884. The van der Waals surface area contributed by atoms with Gasteiger partial charge in [-0.2, -0.15) is 0 Å². The van der Waals surface area contributed by atoms with Crippen LogP contribution in [0.5, 0.6) is 0 Å². The molecule has 0 aliphatic rings. The monoisotopic (exact) mass is 319 g/mol. The number of amides is 1. The Morgan fingerprint density at radius 2 is 1.84 bits per heavy atom. The van der Waals surface area contributed by atoms with E-state index in [-0.39, 0.29) is 5.91 Å². The van der Waals surface area contributed by atoms with E-state index in [9.17, 15) is 4.79 Å². The Labute approximate surface area is 120 Å². The minimum atomic E-state index is -0.170. The highest BCUT2D eigenvalue weighted by Crippen LogP contribution is 2.14. The van der Waals surface area contributed by atoms with E-state index >= 15 is 0 Å². The summed E-state index contributed by atoms with van der Waals surface area (Å²) in [5.74, 6) is 0.354. The van der Waals surface area contributed by atoms with Gasteiger partial charge in [0.2, 0.25) is 0 Å². The Morgan fingerprint density at radius 1 is 1.16 bits per heavy atom. The topological polar surface area (TPSA) is 45.2 Å². The average Bonchev–Trinajstić information content (AvgIpc) is 2.39. The molecule has 0 aliphatic heterocycles. The second-order valence-electron chi connectivity index (χ2n) is 4.24. The third-order valence-corrected chi connectivity index (χ3v) is 3.04. The zero-order chi connectivity index (χ0) is 13.8. The van der Waals surface area contributed by atoms with Gasteiger partial charge in [-0.05, 0) is 52.3 Å². The number of hydrogen-bond donors (Lipinski definition) is 1.